The van der Waals surface area contributed by atoms with Gasteiger partial charge in [-0.2, -0.15) is 0 Å². The van der Waals surface area contributed by atoms with Gasteiger partial charge in [0.2, 0.25) is 5.91 Å². The van der Waals surface area contributed by atoms with Crippen LogP contribution in [0.4, 0.5) is 5.82 Å². The third-order valence-electron chi connectivity index (χ3n) is 4.96. The summed E-state index contributed by atoms with van der Waals surface area (Å²) in [7, 11) is 2.07. The Balaban J connectivity index is 1.43. The lowest BCUT2D eigenvalue weighted by Crippen LogP contribution is -2.40. The molecule has 1 aliphatic heterocycles. The lowest BCUT2D eigenvalue weighted by atomic mass is 9.97. The number of likely N-dealkylation sites (tertiary alicyclic amines) is 1. The highest BCUT2D eigenvalue weighted by atomic mass is 16.5. The second kappa shape index (κ2) is 6.92. The van der Waals surface area contributed by atoms with Crippen molar-refractivity contribution in [2.75, 3.05) is 25.0 Å². The molecule has 26 heavy (non-hydrogen) atoms. The van der Waals surface area contributed by atoms with Gasteiger partial charge in [-0.3, -0.25) is 9.69 Å². The number of benzene rings is 1. The summed E-state index contributed by atoms with van der Waals surface area (Å²) in [5.41, 5.74) is 2.18. The summed E-state index contributed by atoms with van der Waals surface area (Å²) in [5.74, 6) is 2.52. The molecule has 0 radical (unpaired) electrons. The predicted molar refractivity (Wildman–Crippen MR) is 99.0 cm³/mol. The second-order valence-electron chi connectivity index (χ2n) is 6.96. The van der Waals surface area contributed by atoms with Crippen LogP contribution in [0.5, 0.6) is 0 Å². The molecule has 2 aromatic heterocycles. The zero-order chi connectivity index (χ0) is 18.1. The van der Waals surface area contributed by atoms with Crippen molar-refractivity contribution < 1.29 is 9.32 Å². The van der Waals surface area contributed by atoms with Gasteiger partial charge in [0.15, 0.2) is 5.82 Å². The Morgan fingerprint density at radius 3 is 3.00 bits per heavy atom. The number of carbonyl (C=O) groups excluding carboxylic acids is 1. The van der Waals surface area contributed by atoms with Crippen LogP contribution in [-0.4, -0.2) is 45.1 Å². The van der Waals surface area contributed by atoms with Gasteiger partial charge < -0.3 is 14.4 Å². The normalized spacial score (nSPS) is 18.3. The van der Waals surface area contributed by atoms with Crippen molar-refractivity contribution in [3.05, 3.63) is 41.9 Å². The molecule has 1 fully saturated rings. The predicted octanol–water partition coefficient (Wildman–Crippen LogP) is 2.69. The highest BCUT2D eigenvalue weighted by Gasteiger charge is 2.26. The Hall–Kier alpha value is -2.67. The minimum absolute atomic E-state index is 0.0658. The lowest BCUT2D eigenvalue weighted by Gasteiger charge is -2.31. The van der Waals surface area contributed by atoms with Gasteiger partial charge >= 0.3 is 0 Å². The van der Waals surface area contributed by atoms with Gasteiger partial charge in [-0.15, -0.1) is 0 Å². The van der Waals surface area contributed by atoms with E-state index in [4.69, 9.17) is 9.51 Å². The van der Waals surface area contributed by atoms with E-state index in [2.05, 4.69) is 33.1 Å². The number of anilines is 1. The fourth-order valence-electron chi connectivity index (χ4n) is 3.75. The molecule has 3 heterocycles. The van der Waals surface area contributed by atoms with Gasteiger partial charge in [-0.1, -0.05) is 17.3 Å². The molecule has 0 spiro atoms. The van der Waals surface area contributed by atoms with Crippen molar-refractivity contribution in [2.24, 2.45) is 7.05 Å². The molecule has 0 unspecified atom stereocenters. The van der Waals surface area contributed by atoms with Gasteiger partial charge in [-0.05, 0) is 38.4 Å². The Bertz CT molecular complexity index is 929. The Morgan fingerprint density at radius 1 is 1.38 bits per heavy atom. The molecule has 1 atom stereocenters. The van der Waals surface area contributed by atoms with E-state index >= 15 is 0 Å². The van der Waals surface area contributed by atoms with Gasteiger partial charge in [0.1, 0.15) is 11.6 Å². The quantitative estimate of drug-likeness (QED) is 0.780. The third kappa shape index (κ3) is 3.35. The number of para-hydroxylation sites is 2. The van der Waals surface area contributed by atoms with Crippen LogP contribution in [0.1, 0.15) is 30.3 Å². The standard InChI is InChI=1S/C19H23N5O2/c1-13-10-17(22-26-13)21-18(25)12-24-9-5-6-14(11-24)19-20-15-7-3-4-8-16(15)23(19)2/h3-4,7-8,10,14H,5-6,9,11-12H2,1-2H3,(H,21,22,25)/t14-/m0/s1. The first-order chi connectivity index (χ1) is 12.6. The first-order valence-corrected chi connectivity index (χ1v) is 8.97. The van der Waals surface area contributed by atoms with Crippen molar-refractivity contribution in [3.63, 3.8) is 0 Å². The summed E-state index contributed by atoms with van der Waals surface area (Å²) in [6.45, 7) is 3.91. The monoisotopic (exact) mass is 353 g/mol. The molecule has 4 rings (SSSR count). The minimum atomic E-state index is -0.0658. The van der Waals surface area contributed by atoms with Crippen LogP contribution < -0.4 is 5.32 Å². The van der Waals surface area contributed by atoms with Gasteiger partial charge in [0, 0.05) is 25.6 Å². The molecule has 0 bridgehead atoms. The Kier molecular flexibility index (Phi) is 4.46. The molecule has 7 nitrogen and oxygen atoms in total. The van der Waals surface area contributed by atoms with Gasteiger partial charge in [0.05, 0.1) is 17.6 Å². The van der Waals surface area contributed by atoms with Crippen LogP contribution in [0.3, 0.4) is 0 Å². The van der Waals surface area contributed by atoms with E-state index in [9.17, 15) is 4.79 Å². The average Bonchev–Trinajstić information content (AvgIpc) is 3.19. The van der Waals surface area contributed by atoms with Gasteiger partial charge in [-0.25, -0.2) is 4.98 Å². The average molecular weight is 353 g/mol. The number of fused-ring (bicyclic) bond motifs is 1. The van der Waals surface area contributed by atoms with E-state index in [0.717, 1.165) is 42.8 Å². The number of rotatable bonds is 4. The number of carbonyl (C=O) groups is 1. The fourth-order valence-corrected chi connectivity index (χ4v) is 3.75. The van der Waals surface area contributed by atoms with E-state index in [-0.39, 0.29) is 5.91 Å². The fraction of sp³-hybridized carbons (Fsp3) is 0.421. The molecule has 1 aromatic carbocycles. The molecular weight excluding hydrogens is 330 g/mol. The Labute approximate surface area is 152 Å². The maximum Gasteiger partial charge on any atom is 0.239 e. The maximum atomic E-state index is 12.3. The van der Waals surface area contributed by atoms with E-state index in [1.54, 1.807) is 13.0 Å². The summed E-state index contributed by atoms with van der Waals surface area (Å²) in [6.07, 6.45) is 2.15. The molecule has 136 valence electrons. The van der Waals surface area contributed by atoms with Crippen molar-refractivity contribution in [1.82, 2.24) is 19.6 Å². The SMILES string of the molecule is Cc1cc(NC(=O)CN2CCC[C@H](c3nc4ccccc4n3C)C2)no1. The molecular formula is C19H23N5O2. The van der Waals surface area contributed by atoms with Crippen LogP contribution in [0.25, 0.3) is 11.0 Å². The van der Waals surface area contributed by atoms with Crippen LogP contribution in [0.15, 0.2) is 34.9 Å². The number of amides is 1. The highest BCUT2D eigenvalue weighted by Crippen LogP contribution is 2.28. The molecule has 0 aliphatic carbocycles. The number of aromatic nitrogens is 3. The van der Waals surface area contributed by atoms with E-state index in [1.165, 1.54) is 0 Å². The molecule has 1 amide bonds. The molecule has 1 saturated heterocycles. The first kappa shape index (κ1) is 16.8. The lowest BCUT2D eigenvalue weighted by molar-refractivity contribution is -0.117. The minimum Gasteiger partial charge on any atom is -0.360 e. The maximum absolute atomic E-state index is 12.3. The molecule has 1 aliphatic rings. The summed E-state index contributed by atoms with van der Waals surface area (Å²) in [4.78, 5) is 19.3. The largest absolute Gasteiger partial charge is 0.360 e. The number of hydrogen-bond donors (Lipinski definition) is 1. The topological polar surface area (TPSA) is 76.2 Å². The molecule has 0 saturated carbocycles. The van der Waals surface area contributed by atoms with Gasteiger partial charge in [0.25, 0.3) is 0 Å². The van der Waals surface area contributed by atoms with Crippen LogP contribution in [-0.2, 0) is 11.8 Å². The summed E-state index contributed by atoms with van der Waals surface area (Å²) < 4.78 is 7.17. The van der Waals surface area contributed by atoms with Crippen molar-refractivity contribution >= 4 is 22.8 Å². The first-order valence-electron chi connectivity index (χ1n) is 8.97. The Morgan fingerprint density at radius 2 is 2.23 bits per heavy atom. The summed E-state index contributed by atoms with van der Waals surface area (Å²) in [5, 5.41) is 6.60. The van der Waals surface area contributed by atoms with E-state index < -0.39 is 0 Å². The smallest absolute Gasteiger partial charge is 0.239 e. The number of nitrogens with zero attached hydrogens (tertiary/aromatic N) is 4. The van der Waals surface area contributed by atoms with Crippen LogP contribution in [0.2, 0.25) is 0 Å². The van der Waals surface area contributed by atoms with E-state index in [1.807, 2.05) is 18.2 Å². The molecule has 1 N–H and O–H groups in total. The van der Waals surface area contributed by atoms with Crippen LogP contribution >= 0.6 is 0 Å². The molecule has 7 heteroatoms. The van der Waals surface area contributed by atoms with Crippen molar-refractivity contribution in [2.45, 2.75) is 25.7 Å². The summed E-state index contributed by atoms with van der Waals surface area (Å²) in [6, 6.07) is 9.92. The number of hydrogen-bond acceptors (Lipinski definition) is 5. The van der Waals surface area contributed by atoms with E-state index in [0.29, 0.717) is 24.0 Å². The number of piperidine rings is 1. The summed E-state index contributed by atoms with van der Waals surface area (Å²) >= 11 is 0. The second-order valence-corrected chi connectivity index (χ2v) is 6.96. The zero-order valence-electron chi connectivity index (χ0n) is 15.1. The van der Waals surface area contributed by atoms with Crippen molar-refractivity contribution in [1.29, 1.82) is 0 Å². The van der Waals surface area contributed by atoms with Crippen LogP contribution in [0, 0.1) is 6.92 Å². The highest BCUT2D eigenvalue weighted by molar-refractivity contribution is 5.91. The number of nitrogens with one attached hydrogen (secondary N) is 1. The molecule has 3 aromatic rings. The number of imidazole rings is 1. The zero-order valence-corrected chi connectivity index (χ0v) is 15.1. The third-order valence-corrected chi connectivity index (χ3v) is 4.96. The van der Waals surface area contributed by atoms with Crippen molar-refractivity contribution in [3.8, 4) is 0 Å². The number of aryl methyl sites for hydroxylation is 2.